The molecule has 1 N–H and O–H groups in total. The van der Waals surface area contributed by atoms with Crippen LogP contribution in [-0.4, -0.2) is 24.8 Å². The Morgan fingerprint density at radius 3 is 2.67 bits per heavy atom. The highest BCUT2D eigenvalue weighted by Gasteiger charge is 2.21. The summed E-state index contributed by atoms with van der Waals surface area (Å²) < 4.78 is 18.0. The first kappa shape index (κ1) is 14.2. The van der Waals surface area contributed by atoms with Crippen molar-refractivity contribution in [2.45, 2.75) is 26.3 Å². The van der Waals surface area contributed by atoms with E-state index in [2.05, 4.69) is 5.32 Å². The maximum Gasteiger partial charge on any atom is 0.292 e. The van der Waals surface area contributed by atoms with Crippen molar-refractivity contribution in [3.8, 4) is 5.75 Å². The Balaban J connectivity index is 2.96. The van der Waals surface area contributed by atoms with E-state index in [4.69, 9.17) is 4.74 Å². The lowest BCUT2D eigenvalue weighted by Crippen LogP contribution is -2.37. The fourth-order valence-electron chi connectivity index (χ4n) is 1.37. The van der Waals surface area contributed by atoms with Crippen LogP contribution in [0.4, 0.5) is 4.39 Å². The number of carbonyl (C=O) groups is 2. The number of hydrogen-bond acceptors (Lipinski definition) is 3. The number of methoxy groups -OCH3 is 1. The van der Waals surface area contributed by atoms with Crippen molar-refractivity contribution in [3.63, 3.8) is 0 Å². The Labute approximate surface area is 105 Å². The van der Waals surface area contributed by atoms with E-state index in [1.54, 1.807) is 6.92 Å². The summed E-state index contributed by atoms with van der Waals surface area (Å²) in [6.07, 6.45) is 0.708. The van der Waals surface area contributed by atoms with Crippen LogP contribution in [0, 0.1) is 5.82 Å². The number of benzene rings is 1. The number of Topliss-reactive ketones (excluding diaryl/α,β-unsaturated/α-hetero) is 1. The smallest absolute Gasteiger partial charge is 0.292 e. The molecule has 0 saturated carbocycles. The first-order valence-corrected chi connectivity index (χ1v) is 5.68. The first-order chi connectivity index (χ1) is 8.49. The van der Waals surface area contributed by atoms with Gasteiger partial charge in [0.25, 0.3) is 11.7 Å². The molecule has 0 aliphatic carbocycles. The van der Waals surface area contributed by atoms with Crippen LogP contribution in [0.2, 0.25) is 0 Å². The molecule has 4 nitrogen and oxygen atoms in total. The van der Waals surface area contributed by atoms with E-state index in [1.807, 2.05) is 6.92 Å². The van der Waals surface area contributed by atoms with Crippen molar-refractivity contribution in [1.82, 2.24) is 5.32 Å². The van der Waals surface area contributed by atoms with Gasteiger partial charge in [0.15, 0.2) is 0 Å². The molecule has 0 spiro atoms. The van der Waals surface area contributed by atoms with Gasteiger partial charge in [0.1, 0.15) is 11.6 Å². The average molecular weight is 253 g/mol. The molecular weight excluding hydrogens is 237 g/mol. The molecule has 0 aliphatic rings. The summed E-state index contributed by atoms with van der Waals surface area (Å²) in [5.41, 5.74) is -0.0710. The lowest BCUT2D eigenvalue weighted by Gasteiger charge is -2.12. The van der Waals surface area contributed by atoms with Crippen LogP contribution in [0.15, 0.2) is 18.2 Å². The Hall–Kier alpha value is -1.91. The summed E-state index contributed by atoms with van der Waals surface area (Å²) in [6.45, 7) is 3.67. The standard InChI is InChI=1S/C13H16FNO3/c1-4-8(2)15-13(17)12(16)10-7-9(14)5-6-11(10)18-3/h5-8H,4H2,1-3H3,(H,15,17). The fourth-order valence-corrected chi connectivity index (χ4v) is 1.37. The summed E-state index contributed by atoms with van der Waals surface area (Å²) in [6, 6.07) is 3.37. The predicted octanol–water partition coefficient (Wildman–Crippen LogP) is 1.93. The molecule has 1 amide bonds. The molecular formula is C13H16FNO3. The quantitative estimate of drug-likeness (QED) is 0.644. The van der Waals surface area contributed by atoms with E-state index < -0.39 is 17.5 Å². The fraction of sp³-hybridized carbons (Fsp3) is 0.385. The van der Waals surface area contributed by atoms with Crippen molar-refractivity contribution in [1.29, 1.82) is 0 Å². The van der Waals surface area contributed by atoms with Gasteiger partial charge in [0, 0.05) is 6.04 Å². The van der Waals surface area contributed by atoms with E-state index in [-0.39, 0.29) is 17.4 Å². The minimum Gasteiger partial charge on any atom is -0.496 e. The molecule has 0 radical (unpaired) electrons. The molecule has 5 heteroatoms. The number of hydrogen-bond donors (Lipinski definition) is 1. The summed E-state index contributed by atoms with van der Waals surface area (Å²) in [5, 5.41) is 2.53. The van der Waals surface area contributed by atoms with Gasteiger partial charge in [-0.3, -0.25) is 9.59 Å². The van der Waals surface area contributed by atoms with E-state index in [0.717, 1.165) is 6.07 Å². The number of ketones is 1. The Bertz CT molecular complexity index is 460. The number of nitrogens with one attached hydrogen (secondary N) is 1. The number of ether oxygens (including phenoxy) is 1. The van der Waals surface area contributed by atoms with Crippen molar-refractivity contribution in [2.24, 2.45) is 0 Å². The largest absolute Gasteiger partial charge is 0.496 e. The minimum absolute atomic E-state index is 0.0710. The van der Waals surface area contributed by atoms with Crippen LogP contribution < -0.4 is 10.1 Å². The second-order valence-electron chi connectivity index (χ2n) is 3.96. The van der Waals surface area contributed by atoms with Crippen LogP contribution in [0.25, 0.3) is 0 Å². The number of amides is 1. The molecule has 1 rings (SSSR count). The molecule has 0 fully saturated rings. The number of rotatable bonds is 5. The molecule has 1 aromatic rings. The molecule has 1 aromatic carbocycles. The van der Waals surface area contributed by atoms with Gasteiger partial charge in [0.2, 0.25) is 0 Å². The highest BCUT2D eigenvalue weighted by Crippen LogP contribution is 2.19. The van der Waals surface area contributed by atoms with Gasteiger partial charge < -0.3 is 10.1 Å². The maximum atomic E-state index is 13.1. The highest BCUT2D eigenvalue weighted by molar-refractivity contribution is 6.43. The summed E-state index contributed by atoms with van der Waals surface area (Å²) in [5.74, 6) is -1.96. The second kappa shape index (κ2) is 6.14. The van der Waals surface area contributed by atoms with E-state index in [9.17, 15) is 14.0 Å². The molecule has 0 heterocycles. The van der Waals surface area contributed by atoms with Gasteiger partial charge >= 0.3 is 0 Å². The Kier molecular flexibility index (Phi) is 4.83. The minimum atomic E-state index is -0.799. The molecule has 98 valence electrons. The zero-order valence-corrected chi connectivity index (χ0v) is 10.6. The third-order valence-electron chi connectivity index (χ3n) is 2.60. The zero-order valence-electron chi connectivity index (χ0n) is 10.6. The van der Waals surface area contributed by atoms with E-state index in [1.165, 1.54) is 19.2 Å². The lowest BCUT2D eigenvalue weighted by atomic mass is 10.1. The van der Waals surface area contributed by atoms with Gasteiger partial charge in [0.05, 0.1) is 12.7 Å². The average Bonchev–Trinajstić information content (AvgIpc) is 2.37. The van der Waals surface area contributed by atoms with E-state index >= 15 is 0 Å². The summed E-state index contributed by atoms with van der Waals surface area (Å²) >= 11 is 0. The Morgan fingerprint density at radius 1 is 1.44 bits per heavy atom. The SMILES string of the molecule is CCC(C)NC(=O)C(=O)c1cc(F)ccc1OC. The molecule has 0 saturated heterocycles. The van der Waals surface area contributed by atoms with Crippen molar-refractivity contribution >= 4 is 11.7 Å². The number of halogens is 1. The molecule has 0 aromatic heterocycles. The summed E-state index contributed by atoms with van der Waals surface area (Å²) in [4.78, 5) is 23.5. The maximum absolute atomic E-state index is 13.1. The third-order valence-corrected chi connectivity index (χ3v) is 2.60. The van der Waals surface area contributed by atoms with Gasteiger partial charge in [-0.05, 0) is 31.5 Å². The van der Waals surface area contributed by atoms with Crippen molar-refractivity contribution in [3.05, 3.63) is 29.6 Å². The van der Waals surface area contributed by atoms with Crippen molar-refractivity contribution in [2.75, 3.05) is 7.11 Å². The highest BCUT2D eigenvalue weighted by atomic mass is 19.1. The van der Waals surface area contributed by atoms with Crippen LogP contribution in [-0.2, 0) is 4.79 Å². The molecule has 1 unspecified atom stereocenters. The molecule has 0 aliphatic heterocycles. The molecule has 0 bridgehead atoms. The van der Waals surface area contributed by atoms with Gasteiger partial charge in [-0.25, -0.2) is 4.39 Å². The van der Waals surface area contributed by atoms with Gasteiger partial charge in [-0.15, -0.1) is 0 Å². The Morgan fingerprint density at radius 2 is 2.11 bits per heavy atom. The van der Waals surface area contributed by atoms with Crippen LogP contribution in [0.1, 0.15) is 30.6 Å². The topological polar surface area (TPSA) is 55.4 Å². The normalized spacial score (nSPS) is 11.8. The molecule has 18 heavy (non-hydrogen) atoms. The molecule has 1 atom stereocenters. The van der Waals surface area contributed by atoms with Gasteiger partial charge in [-0.1, -0.05) is 6.92 Å². The number of carbonyl (C=O) groups excluding carboxylic acids is 2. The lowest BCUT2D eigenvalue weighted by molar-refractivity contribution is -0.117. The second-order valence-corrected chi connectivity index (χ2v) is 3.96. The third kappa shape index (κ3) is 3.29. The van der Waals surface area contributed by atoms with Crippen molar-refractivity contribution < 1.29 is 18.7 Å². The zero-order chi connectivity index (χ0) is 13.7. The van der Waals surface area contributed by atoms with Crippen LogP contribution in [0.3, 0.4) is 0 Å². The van der Waals surface area contributed by atoms with Gasteiger partial charge in [-0.2, -0.15) is 0 Å². The first-order valence-electron chi connectivity index (χ1n) is 5.68. The van der Waals surface area contributed by atoms with E-state index in [0.29, 0.717) is 6.42 Å². The monoisotopic (exact) mass is 253 g/mol. The predicted molar refractivity (Wildman–Crippen MR) is 65.2 cm³/mol. The summed E-state index contributed by atoms with van der Waals surface area (Å²) in [7, 11) is 1.36. The van der Waals surface area contributed by atoms with Crippen LogP contribution in [0.5, 0.6) is 5.75 Å². The van der Waals surface area contributed by atoms with Crippen LogP contribution >= 0.6 is 0 Å².